The van der Waals surface area contributed by atoms with Gasteiger partial charge in [0.25, 0.3) is 0 Å². The van der Waals surface area contributed by atoms with Crippen molar-refractivity contribution < 1.29 is 4.79 Å². The lowest BCUT2D eigenvalue weighted by Crippen LogP contribution is -2.46. The number of aromatic amines is 1. The molecular formula is C29H47N5O. The van der Waals surface area contributed by atoms with Crippen LogP contribution < -0.4 is 10.6 Å². The summed E-state index contributed by atoms with van der Waals surface area (Å²) in [5, 5.41) is 8.01. The molecule has 0 unspecified atom stereocenters. The molecule has 0 aliphatic carbocycles. The number of piperidine rings is 2. The van der Waals surface area contributed by atoms with E-state index in [2.05, 4.69) is 63.8 Å². The van der Waals surface area contributed by atoms with Gasteiger partial charge < -0.3 is 25.4 Å². The van der Waals surface area contributed by atoms with Crippen molar-refractivity contribution in [2.75, 3.05) is 52.9 Å². The Kier molecular flexibility index (Phi) is 10.0. The molecule has 2 aliphatic rings. The topological polar surface area (TPSA) is 63.4 Å². The van der Waals surface area contributed by atoms with E-state index in [-0.39, 0.29) is 11.9 Å². The molecule has 6 heteroatoms. The summed E-state index contributed by atoms with van der Waals surface area (Å²) in [4.78, 5) is 21.6. The number of fused-ring (bicyclic) bond motifs is 1. The van der Waals surface area contributed by atoms with E-state index in [0.717, 1.165) is 56.1 Å². The first-order valence-electron chi connectivity index (χ1n) is 14.1. The SMILES string of the molecule is CCCCN[C@@H](Cc1c[nH]c2ccccc12)C(=O)NCCC1CCN(CC2CCN(C)CC2)CC1. The van der Waals surface area contributed by atoms with Crippen LogP contribution in [0.2, 0.25) is 0 Å². The molecule has 4 rings (SSSR count). The summed E-state index contributed by atoms with van der Waals surface area (Å²) in [6.45, 7) is 10.1. The van der Waals surface area contributed by atoms with E-state index in [1.165, 1.54) is 69.4 Å². The third-order valence-corrected chi connectivity index (χ3v) is 8.25. The van der Waals surface area contributed by atoms with Crippen molar-refractivity contribution in [3.8, 4) is 0 Å². The van der Waals surface area contributed by atoms with Crippen LogP contribution >= 0.6 is 0 Å². The lowest BCUT2D eigenvalue weighted by atomic mass is 9.91. The van der Waals surface area contributed by atoms with Crippen LogP contribution in [0.4, 0.5) is 0 Å². The zero-order valence-electron chi connectivity index (χ0n) is 22.0. The monoisotopic (exact) mass is 481 g/mol. The summed E-state index contributed by atoms with van der Waals surface area (Å²) < 4.78 is 0. The second-order valence-corrected chi connectivity index (χ2v) is 11.0. The average molecular weight is 482 g/mol. The summed E-state index contributed by atoms with van der Waals surface area (Å²) in [6.07, 6.45) is 11.4. The fraction of sp³-hybridized carbons (Fsp3) is 0.690. The number of carbonyl (C=O) groups is 1. The van der Waals surface area contributed by atoms with E-state index >= 15 is 0 Å². The van der Waals surface area contributed by atoms with Gasteiger partial charge in [0.15, 0.2) is 0 Å². The molecular weight excluding hydrogens is 434 g/mol. The number of nitrogens with zero attached hydrogens (tertiary/aromatic N) is 2. The molecule has 0 spiro atoms. The summed E-state index contributed by atoms with van der Waals surface area (Å²) in [7, 11) is 2.24. The number of hydrogen-bond acceptors (Lipinski definition) is 4. The molecule has 3 heterocycles. The van der Waals surface area contributed by atoms with Gasteiger partial charge in [-0.15, -0.1) is 0 Å². The van der Waals surface area contributed by atoms with Crippen molar-refractivity contribution in [2.45, 2.75) is 64.3 Å². The van der Waals surface area contributed by atoms with Gasteiger partial charge in [-0.25, -0.2) is 0 Å². The Balaban J connectivity index is 1.20. The molecule has 0 saturated carbocycles. The average Bonchev–Trinajstić information content (AvgIpc) is 3.29. The lowest BCUT2D eigenvalue weighted by molar-refractivity contribution is -0.123. The number of hydrogen-bond donors (Lipinski definition) is 3. The third-order valence-electron chi connectivity index (χ3n) is 8.25. The fourth-order valence-electron chi connectivity index (χ4n) is 5.82. The predicted molar refractivity (Wildman–Crippen MR) is 146 cm³/mol. The zero-order chi connectivity index (χ0) is 24.5. The van der Waals surface area contributed by atoms with Gasteiger partial charge in [-0.1, -0.05) is 31.5 Å². The molecule has 0 bridgehead atoms. The highest BCUT2D eigenvalue weighted by Crippen LogP contribution is 2.24. The van der Waals surface area contributed by atoms with Gasteiger partial charge in [-0.05, 0) is 108 Å². The second-order valence-electron chi connectivity index (χ2n) is 11.0. The van der Waals surface area contributed by atoms with Gasteiger partial charge >= 0.3 is 0 Å². The Morgan fingerprint density at radius 2 is 1.80 bits per heavy atom. The Morgan fingerprint density at radius 1 is 1.06 bits per heavy atom. The molecule has 2 fully saturated rings. The molecule has 0 radical (unpaired) electrons. The molecule has 35 heavy (non-hydrogen) atoms. The van der Waals surface area contributed by atoms with Crippen molar-refractivity contribution in [1.29, 1.82) is 0 Å². The van der Waals surface area contributed by atoms with Crippen molar-refractivity contribution in [3.63, 3.8) is 0 Å². The number of amides is 1. The number of carbonyl (C=O) groups excluding carboxylic acids is 1. The molecule has 1 aromatic heterocycles. The maximum atomic E-state index is 13.1. The number of unbranched alkanes of at least 4 members (excludes halogenated alkanes) is 1. The number of likely N-dealkylation sites (tertiary alicyclic amines) is 2. The normalized spacial score (nSPS) is 19.8. The highest BCUT2D eigenvalue weighted by atomic mass is 16.2. The van der Waals surface area contributed by atoms with Gasteiger partial charge in [0.2, 0.25) is 5.91 Å². The van der Waals surface area contributed by atoms with Crippen LogP contribution in [0.15, 0.2) is 30.5 Å². The molecule has 1 aromatic carbocycles. The van der Waals surface area contributed by atoms with Gasteiger partial charge in [-0.3, -0.25) is 4.79 Å². The highest BCUT2D eigenvalue weighted by molar-refractivity contribution is 5.86. The smallest absolute Gasteiger partial charge is 0.237 e. The Labute approximate surface area is 212 Å². The molecule has 1 amide bonds. The predicted octanol–water partition coefficient (Wildman–Crippen LogP) is 4.03. The third kappa shape index (κ3) is 7.80. The minimum absolute atomic E-state index is 0.145. The Hall–Kier alpha value is -1.89. The number of rotatable bonds is 12. The fourth-order valence-corrected chi connectivity index (χ4v) is 5.82. The van der Waals surface area contributed by atoms with E-state index in [4.69, 9.17) is 0 Å². The summed E-state index contributed by atoms with van der Waals surface area (Å²) in [5.41, 5.74) is 2.35. The first kappa shape index (κ1) is 26.2. The number of nitrogens with one attached hydrogen (secondary N) is 3. The maximum Gasteiger partial charge on any atom is 0.237 e. The van der Waals surface area contributed by atoms with Crippen molar-refractivity contribution in [1.82, 2.24) is 25.4 Å². The number of H-pyrrole nitrogens is 1. The van der Waals surface area contributed by atoms with Crippen LogP contribution in [-0.2, 0) is 11.2 Å². The van der Waals surface area contributed by atoms with Gasteiger partial charge in [0, 0.05) is 30.2 Å². The van der Waals surface area contributed by atoms with E-state index in [0.29, 0.717) is 0 Å². The van der Waals surface area contributed by atoms with Crippen molar-refractivity contribution >= 4 is 16.8 Å². The standard InChI is InChI=1S/C29H47N5O/c1-3-4-14-30-28(20-25-21-32-27-8-6-5-7-26(25)27)29(35)31-15-9-23-12-18-34(19-13-23)22-24-10-16-33(2)17-11-24/h5-8,21,23-24,28,30,32H,3-4,9-20,22H2,1-2H3,(H,31,35)/t28-/m0/s1. The molecule has 2 aromatic rings. The van der Waals surface area contributed by atoms with Crippen LogP contribution in [0.5, 0.6) is 0 Å². The van der Waals surface area contributed by atoms with Crippen LogP contribution in [0, 0.1) is 11.8 Å². The quantitative estimate of drug-likeness (QED) is 0.401. The summed E-state index contributed by atoms with van der Waals surface area (Å²) in [5.74, 6) is 1.77. The zero-order valence-corrected chi connectivity index (χ0v) is 22.0. The van der Waals surface area contributed by atoms with Crippen LogP contribution in [0.25, 0.3) is 10.9 Å². The van der Waals surface area contributed by atoms with Crippen LogP contribution in [0.3, 0.4) is 0 Å². The number of para-hydroxylation sites is 1. The molecule has 1 atom stereocenters. The molecule has 3 N–H and O–H groups in total. The Bertz CT molecular complexity index is 895. The van der Waals surface area contributed by atoms with Gasteiger partial charge in [0.05, 0.1) is 6.04 Å². The minimum Gasteiger partial charge on any atom is -0.361 e. The highest BCUT2D eigenvalue weighted by Gasteiger charge is 2.24. The van der Waals surface area contributed by atoms with Crippen LogP contribution in [0.1, 0.15) is 57.4 Å². The minimum atomic E-state index is -0.183. The second kappa shape index (κ2) is 13.4. The lowest BCUT2D eigenvalue weighted by Gasteiger charge is -2.37. The van der Waals surface area contributed by atoms with Gasteiger partial charge in [0.1, 0.15) is 0 Å². The first-order valence-corrected chi connectivity index (χ1v) is 14.1. The molecule has 2 saturated heterocycles. The summed E-state index contributed by atoms with van der Waals surface area (Å²) >= 11 is 0. The molecule has 194 valence electrons. The van der Waals surface area contributed by atoms with E-state index < -0.39 is 0 Å². The van der Waals surface area contributed by atoms with E-state index in [9.17, 15) is 4.79 Å². The summed E-state index contributed by atoms with van der Waals surface area (Å²) in [6, 6.07) is 8.17. The molecule has 2 aliphatic heterocycles. The Morgan fingerprint density at radius 3 is 2.57 bits per heavy atom. The van der Waals surface area contributed by atoms with Crippen molar-refractivity contribution in [3.05, 3.63) is 36.0 Å². The largest absolute Gasteiger partial charge is 0.361 e. The van der Waals surface area contributed by atoms with Crippen LogP contribution in [-0.4, -0.2) is 79.6 Å². The van der Waals surface area contributed by atoms with E-state index in [1.54, 1.807) is 0 Å². The van der Waals surface area contributed by atoms with Crippen molar-refractivity contribution in [2.24, 2.45) is 11.8 Å². The van der Waals surface area contributed by atoms with Gasteiger partial charge in [-0.2, -0.15) is 0 Å². The van der Waals surface area contributed by atoms with E-state index in [1.807, 2.05) is 6.07 Å². The number of aromatic nitrogens is 1. The first-order chi connectivity index (χ1) is 17.1. The maximum absolute atomic E-state index is 13.1. The number of benzene rings is 1. The molecule has 6 nitrogen and oxygen atoms in total.